The van der Waals surface area contributed by atoms with Crippen LogP contribution >= 0.6 is 23.2 Å². The number of fused-ring (bicyclic) bond motifs is 2. The number of pyridine rings is 1. The van der Waals surface area contributed by atoms with E-state index in [0.29, 0.717) is 44.4 Å². The van der Waals surface area contributed by atoms with Crippen LogP contribution in [-0.2, 0) is 16.0 Å². The van der Waals surface area contributed by atoms with Gasteiger partial charge in [0.05, 0.1) is 29.6 Å². The Labute approximate surface area is 255 Å². The lowest BCUT2D eigenvalue weighted by atomic mass is 9.69. The molecular formula is C34H32Cl2N2O4. The number of ether oxygens (including phenoxy) is 2. The Balaban J connectivity index is 1.53. The number of hydrogen-bond donors (Lipinski definition) is 1. The smallest absolute Gasteiger partial charge is 0.339 e. The van der Waals surface area contributed by atoms with E-state index in [1.165, 1.54) is 7.11 Å². The predicted octanol–water partition coefficient (Wildman–Crippen LogP) is 8.49. The maximum Gasteiger partial charge on any atom is 0.339 e. The first kappa shape index (κ1) is 29.6. The second kappa shape index (κ2) is 12.2. The SMILES string of the molecule is COc1ccc(Cl)cc1NC(=O)COC(=O)c1c2c(nc3ccccc13)/C(=C\c1cccc(Cl)c1)C[C@H](C(C)(C)C)C2. The molecule has 0 spiro atoms. The van der Waals surface area contributed by atoms with Gasteiger partial charge in [-0.25, -0.2) is 9.78 Å². The molecule has 0 saturated carbocycles. The van der Waals surface area contributed by atoms with Crippen molar-refractivity contribution in [1.82, 2.24) is 4.98 Å². The Bertz CT molecular complexity index is 1710. The number of esters is 1. The fraction of sp³-hybridized carbons (Fsp3) is 0.265. The van der Waals surface area contributed by atoms with Crippen LogP contribution < -0.4 is 10.1 Å². The Morgan fingerprint density at radius 1 is 1.00 bits per heavy atom. The van der Waals surface area contributed by atoms with E-state index in [1.54, 1.807) is 18.2 Å². The van der Waals surface area contributed by atoms with Crippen molar-refractivity contribution in [2.24, 2.45) is 11.3 Å². The highest BCUT2D eigenvalue weighted by Crippen LogP contribution is 2.45. The van der Waals surface area contributed by atoms with Crippen LogP contribution in [0.3, 0.4) is 0 Å². The molecule has 5 rings (SSSR count). The number of methoxy groups -OCH3 is 1. The lowest BCUT2D eigenvalue weighted by Gasteiger charge is -2.36. The number of aromatic nitrogens is 1. The van der Waals surface area contributed by atoms with E-state index in [0.717, 1.165) is 28.8 Å². The minimum Gasteiger partial charge on any atom is -0.495 e. The largest absolute Gasteiger partial charge is 0.495 e. The predicted molar refractivity (Wildman–Crippen MR) is 169 cm³/mol. The zero-order valence-corrected chi connectivity index (χ0v) is 25.5. The number of benzene rings is 3. The molecule has 0 bridgehead atoms. The van der Waals surface area contributed by atoms with E-state index in [9.17, 15) is 9.59 Å². The normalized spacial score (nSPS) is 15.8. The fourth-order valence-corrected chi connectivity index (χ4v) is 5.71. The van der Waals surface area contributed by atoms with Gasteiger partial charge in [-0.15, -0.1) is 0 Å². The maximum atomic E-state index is 13.8. The number of halogens is 2. The van der Waals surface area contributed by atoms with E-state index < -0.39 is 18.5 Å². The number of allylic oxidation sites excluding steroid dienone is 1. The third-order valence-electron chi connectivity index (χ3n) is 7.60. The maximum absolute atomic E-state index is 13.8. The summed E-state index contributed by atoms with van der Waals surface area (Å²) in [4.78, 5) is 31.7. The quantitative estimate of drug-likeness (QED) is 0.224. The Morgan fingerprint density at radius 2 is 1.76 bits per heavy atom. The number of amides is 1. The van der Waals surface area contributed by atoms with E-state index in [1.807, 2.05) is 48.5 Å². The van der Waals surface area contributed by atoms with Gasteiger partial charge in [0.25, 0.3) is 5.91 Å². The summed E-state index contributed by atoms with van der Waals surface area (Å²) >= 11 is 12.4. The Kier molecular flexibility index (Phi) is 8.58. The molecule has 42 heavy (non-hydrogen) atoms. The van der Waals surface area contributed by atoms with Crippen molar-refractivity contribution < 1.29 is 19.1 Å². The van der Waals surface area contributed by atoms with E-state index >= 15 is 0 Å². The molecule has 0 radical (unpaired) electrons. The molecule has 6 nitrogen and oxygen atoms in total. The fourth-order valence-electron chi connectivity index (χ4n) is 5.33. The summed E-state index contributed by atoms with van der Waals surface area (Å²) in [5, 5.41) is 4.49. The molecule has 1 heterocycles. The molecule has 1 aliphatic carbocycles. The van der Waals surface area contributed by atoms with Crippen molar-refractivity contribution in [1.29, 1.82) is 0 Å². The van der Waals surface area contributed by atoms with Crippen LogP contribution in [0.1, 0.15) is 54.4 Å². The molecule has 0 saturated heterocycles. The third-order valence-corrected chi connectivity index (χ3v) is 8.07. The van der Waals surface area contributed by atoms with Crippen LogP contribution in [0.5, 0.6) is 5.75 Å². The summed E-state index contributed by atoms with van der Waals surface area (Å²) in [6.45, 7) is 6.15. The number of carbonyl (C=O) groups excluding carboxylic acids is 2. The number of nitrogens with zero attached hydrogens (tertiary/aromatic N) is 1. The number of hydrogen-bond acceptors (Lipinski definition) is 5. The Morgan fingerprint density at radius 3 is 2.50 bits per heavy atom. The topological polar surface area (TPSA) is 77.5 Å². The second-order valence-corrected chi connectivity index (χ2v) is 12.4. The van der Waals surface area contributed by atoms with Crippen molar-refractivity contribution in [3.8, 4) is 5.75 Å². The second-order valence-electron chi connectivity index (χ2n) is 11.5. The first-order valence-corrected chi connectivity index (χ1v) is 14.5. The molecule has 1 atom stereocenters. The number of anilines is 1. The van der Waals surface area contributed by atoms with Crippen LogP contribution in [-0.4, -0.2) is 30.6 Å². The lowest BCUT2D eigenvalue weighted by molar-refractivity contribution is -0.119. The summed E-state index contributed by atoms with van der Waals surface area (Å²) in [6.07, 6.45) is 3.55. The van der Waals surface area contributed by atoms with Gasteiger partial charge in [-0.3, -0.25) is 4.79 Å². The third kappa shape index (κ3) is 6.45. The highest BCUT2D eigenvalue weighted by Gasteiger charge is 2.35. The van der Waals surface area contributed by atoms with Crippen molar-refractivity contribution in [3.63, 3.8) is 0 Å². The van der Waals surface area contributed by atoms with Crippen molar-refractivity contribution in [2.45, 2.75) is 33.6 Å². The summed E-state index contributed by atoms with van der Waals surface area (Å²) < 4.78 is 10.9. The van der Waals surface area contributed by atoms with Gasteiger partial charge in [-0.2, -0.15) is 0 Å². The summed E-state index contributed by atoms with van der Waals surface area (Å²) in [7, 11) is 1.50. The van der Waals surface area contributed by atoms with Crippen molar-refractivity contribution in [2.75, 3.05) is 19.0 Å². The van der Waals surface area contributed by atoms with E-state index in [4.69, 9.17) is 37.7 Å². The molecule has 4 aromatic rings. The first-order valence-electron chi connectivity index (χ1n) is 13.7. The van der Waals surface area contributed by atoms with Crippen molar-refractivity contribution in [3.05, 3.63) is 99.2 Å². The molecule has 0 aliphatic heterocycles. The zero-order valence-electron chi connectivity index (χ0n) is 24.0. The van der Waals surface area contributed by atoms with Crippen LogP contribution in [0.15, 0.2) is 66.7 Å². The van der Waals surface area contributed by atoms with Gasteiger partial charge in [0.15, 0.2) is 6.61 Å². The molecular weight excluding hydrogens is 571 g/mol. The molecule has 216 valence electrons. The molecule has 1 aliphatic rings. The van der Waals surface area contributed by atoms with Gasteiger partial charge in [-0.05, 0) is 83.3 Å². The minimum atomic E-state index is -0.574. The van der Waals surface area contributed by atoms with Crippen LogP contribution in [0.2, 0.25) is 10.0 Å². The molecule has 3 aromatic carbocycles. The average molecular weight is 604 g/mol. The number of rotatable bonds is 6. The summed E-state index contributed by atoms with van der Waals surface area (Å²) in [5.74, 6) is -0.399. The molecule has 1 amide bonds. The van der Waals surface area contributed by atoms with E-state index in [2.05, 4.69) is 32.2 Å². The molecule has 1 N–H and O–H groups in total. The highest BCUT2D eigenvalue weighted by atomic mass is 35.5. The van der Waals surface area contributed by atoms with Crippen LogP contribution in [0, 0.1) is 11.3 Å². The standard InChI is InChI=1S/C34H32Cl2N2O4/c1-34(2,3)22-16-21(14-20-8-7-9-23(35)15-20)32-26(17-22)31(25-10-5-6-11-27(25)38-32)33(40)42-19-30(39)37-28-18-24(36)12-13-29(28)41-4/h5-15,18,22H,16-17,19H2,1-4H3,(H,37,39)/b21-14-/t22-/m0/s1. The zero-order chi connectivity index (χ0) is 30.0. The van der Waals surface area contributed by atoms with Crippen LogP contribution in [0.25, 0.3) is 22.6 Å². The Hall–Kier alpha value is -3.87. The molecule has 0 fully saturated rings. The van der Waals surface area contributed by atoms with Gasteiger partial charge in [0.1, 0.15) is 5.75 Å². The van der Waals surface area contributed by atoms with Gasteiger partial charge >= 0.3 is 5.97 Å². The highest BCUT2D eigenvalue weighted by molar-refractivity contribution is 6.31. The minimum absolute atomic E-state index is 0.0339. The monoisotopic (exact) mass is 602 g/mol. The van der Waals surface area contributed by atoms with Crippen LogP contribution in [0.4, 0.5) is 5.69 Å². The molecule has 1 aromatic heterocycles. The molecule has 0 unspecified atom stereocenters. The van der Waals surface area contributed by atoms with Gasteiger partial charge < -0.3 is 14.8 Å². The van der Waals surface area contributed by atoms with E-state index in [-0.39, 0.29) is 11.3 Å². The van der Waals surface area contributed by atoms with Crippen molar-refractivity contribution >= 4 is 63.3 Å². The first-order chi connectivity index (χ1) is 20.0. The molecule has 8 heteroatoms. The number of carbonyl (C=O) groups is 2. The van der Waals surface area contributed by atoms with Gasteiger partial charge in [0.2, 0.25) is 0 Å². The summed E-state index contributed by atoms with van der Waals surface area (Å²) in [6, 6.07) is 20.1. The average Bonchev–Trinajstić information content (AvgIpc) is 2.94. The number of nitrogens with one attached hydrogen (secondary N) is 1. The van der Waals surface area contributed by atoms with Gasteiger partial charge in [-0.1, -0.05) is 74.3 Å². The van der Waals surface area contributed by atoms with Gasteiger partial charge in [0, 0.05) is 15.4 Å². The lowest BCUT2D eigenvalue weighted by Crippen LogP contribution is -2.29. The number of para-hydroxylation sites is 1. The summed E-state index contributed by atoms with van der Waals surface area (Å²) in [5.41, 5.74) is 5.07.